The summed E-state index contributed by atoms with van der Waals surface area (Å²) in [6.45, 7) is 9.23. The van der Waals surface area contributed by atoms with E-state index in [0.29, 0.717) is 42.4 Å². The minimum Gasteiger partial charge on any atom is -0.444 e. The van der Waals surface area contributed by atoms with E-state index < -0.39 is 11.4 Å². The van der Waals surface area contributed by atoms with Crippen molar-refractivity contribution in [1.29, 1.82) is 0 Å². The van der Waals surface area contributed by atoms with Gasteiger partial charge in [-0.3, -0.25) is 0 Å². The highest BCUT2D eigenvalue weighted by Gasteiger charge is 2.35. The number of nitrogens with zero attached hydrogens (tertiary/aromatic N) is 5. The molecule has 168 valence electrons. The minimum absolute atomic E-state index is 0.0609. The molecule has 1 amide bonds. The lowest BCUT2D eigenvalue weighted by Crippen LogP contribution is -2.56. The second-order valence-corrected chi connectivity index (χ2v) is 10.4. The number of anilines is 1. The Morgan fingerprint density at radius 2 is 2.06 bits per heavy atom. The lowest BCUT2D eigenvalue weighted by Gasteiger charge is -2.43. The molecule has 7 nitrogen and oxygen atoms in total. The van der Waals surface area contributed by atoms with Gasteiger partial charge in [-0.05, 0) is 45.8 Å². The molecule has 2 aliphatic heterocycles. The van der Waals surface area contributed by atoms with Crippen LogP contribution in [0, 0.1) is 5.82 Å². The Morgan fingerprint density at radius 3 is 2.77 bits per heavy atom. The molecular formula is C21H27ClFN5O2S. The van der Waals surface area contributed by atoms with Gasteiger partial charge in [0.05, 0.1) is 11.1 Å². The molecule has 1 saturated heterocycles. The van der Waals surface area contributed by atoms with Crippen LogP contribution in [0.1, 0.15) is 46.2 Å². The van der Waals surface area contributed by atoms with Gasteiger partial charge in [0.15, 0.2) is 16.1 Å². The number of halogens is 2. The van der Waals surface area contributed by atoms with Crippen molar-refractivity contribution in [2.24, 2.45) is 0 Å². The number of carbonyl (C=O) groups is 1. The smallest absolute Gasteiger partial charge is 0.410 e. The summed E-state index contributed by atoms with van der Waals surface area (Å²) in [5, 5.41) is 1.01. The van der Waals surface area contributed by atoms with Crippen LogP contribution in [0.4, 0.5) is 15.0 Å². The quantitative estimate of drug-likeness (QED) is 0.360. The van der Waals surface area contributed by atoms with E-state index in [0.717, 1.165) is 24.3 Å². The monoisotopic (exact) mass is 467 g/mol. The van der Waals surface area contributed by atoms with Crippen LogP contribution in [-0.2, 0) is 11.2 Å². The number of fused-ring (bicyclic) bond motifs is 2. The number of piperazine rings is 1. The van der Waals surface area contributed by atoms with E-state index in [4.69, 9.17) is 21.3 Å². The van der Waals surface area contributed by atoms with Gasteiger partial charge < -0.3 is 14.5 Å². The standard InChI is InChI=1S/C21H27ClFN5O2S/c1-5-31-19-25-16-14-13(24-17(22)15(16)23)8-6-7-12-11-27(20(29)30-21(2,3)4)9-10-28(12)18(14)26-19/h12H,5-11H2,1-4H3. The maximum atomic E-state index is 14.9. The van der Waals surface area contributed by atoms with E-state index in [-0.39, 0.29) is 22.8 Å². The Bertz CT molecular complexity index is 1020. The molecule has 0 bridgehead atoms. The molecule has 1 unspecified atom stereocenters. The summed E-state index contributed by atoms with van der Waals surface area (Å²) >= 11 is 7.55. The fraction of sp³-hybridized carbons (Fsp3) is 0.619. The highest BCUT2D eigenvalue weighted by Crippen LogP contribution is 2.37. The number of rotatable bonds is 2. The van der Waals surface area contributed by atoms with Crippen molar-refractivity contribution in [2.75, 3.05) is 30.3 Å². The van der Waals surface area contributed by atoms with Crippen LogP contribution in [0.5, 0.6) is 0 Å². The number of thioether (sulfide) groups is 1. The zero-order valence-corrected chi connectivity index (χ0v) is 19.8. The Balaban J connectivity index is 1.75. The van der Waals surface area contributed by atoms with E-state index in [1.807, 2.05) is 27.7 Å². The van der Waals surface area contributed by atoms with Gasteiger partial charge in [-0.25, -0.2) is 24.1 Å². The van der Waals surface area contributed by atoms with E-state index in [9.17, 15) is 9.18 Å². The summed E-state index contributed by atoms with van der Waals surface area (Å²) in [6, 6.07) is 0.0609. The molecular weight excluding hydrogens is 441 g/mol. The second kappa shape index (κ2) is 8.58. The molecule has 1 atom stereocenters. The molecule has 0 spiro atoms. The van der Waals surface area contributed by atoms with Gasteiger partial charge in [0.1, 0.15) is 16.9 Å². The fourth-order valence-electron chi connectivity index (χ4n) is 4.14. The summed E-state index contributed by atoms with van der Waals surface area (Å²) in [5.41, 5.74) is 0.422. The molecule has 31 heavy (non-hydrogen) atoms. The molecule has 2 aromatic rings. The molecule has 4 heterocycles. The first-order chi connectivity index (χ1) is 14.7. The molecule has 2 aromatic heterocycles. The largest absolute Gasteiger partial charge is 0.444 e. The lowest BCUT2D eigenvalue weighted by atomic mass is 9.98. The van der Waals surface area contributed by atoms with E-state index >= 15 is 0 Å². The average molecular weight is 468 g/mol. The Hall–Kier alpha value is -1.87. The number of hydrogen-bond acceptors (Lipinski definition) is 7. The van der Waals surface area contributed by atoms with E-state index in [2.05, 4.69) is 14.9 Å². The third-order valence-corrected chi connectivity index (χ3v) is 6.39. The minimum atomic E-state index is -0.605. The van der Waals surface area contributed by atoms with Crippen LogP contribution >= 0.6 is 23.4 Å². The average Bonchev–Trinajstić information content (AvgIpc) is 2.68. The van der Waals surface area contributed by atoms with Gasteiger partial charge >= 0.3 is 6.09 Å². The number of ether oxygens (including phenoxy) is 1. The summed E-state index contributed by atoms with van der Waals surface area (Å²) in [6.07, 6.45) is 2.06. The van der Waals surface area contributed by atoms with Crippen molar-refractivity contribution in [3.05, 3.63) is 16.7 Å². The molecule has 10 heteroatoms. The van der Waals surface area contributed by atoms with Crippen molar-refractivity contribution in [3.8, 4) is 0 Å². The molecule has 0 aliphatic carbocycles. The third kappa shape index (κ3) is 4.53. The number of hydrogen-bond donors (Lipinski definition) is 0. The molecule has 2 aliphatic rings. The summed E-state index contributed by atoms with van der Waals surface area (Å²) in [7, 11) is 0. The highest BCUT2D eigenvalue weighted by atomic mass is 35.5. The summed E-state index contributed by atoms with van der Waals surface area (Å²) < 4.78 is 20.5. The number of aromatic nitrogens is 3. The summed E-state index contributed by atoms with van der Waals surface area (Å²) in [4.78, 5) is 30.2. The zero-order chi connectivity index (χ0) is 22.3. The first kappa shape index (κ1) is 22.3. The number of amides is 1. The topological polar surface area (TPSA) is 71.5 Å². The molecule has 1 fully saturated rings. The van der Waals surface area contributed by atoms with E-state index in [1.54, 1.807) is 4.90 Å². The van der Waals surface area contributed by atoms with Gasteiger partial charge in [0.2, 0.25) is 0 Å². The van der Waals surface area contributed by atoms with Crippen molar-refractivity contribution in [2.45, 2.75) is 63.8 Å². The Morgan fingerprint density at radius 1 is 1.29 bits per heavy atom. The number of carbonyl (C=O) groups excluding carboxylic acids is 1. The second-order valence-electron chi connectivity index (χ2n) is 8.82. The van der Waals surface area contributed by atoms with Gasteiger partial charge in [-0.15, -0.1) is 0 Å². The van der Waals surface area contributed by atoms with Crippen LogP contribution in [0.3, 0.4) is 0 Å². The first-order valence-corrected chi connectivity index (χ1v) is 12.0. The van der Waals surface area contributed by atoms with Crippen molar-refractivity contribution in [3.63, 3.8) is 0 Å². The zero-order valence-electron chi connectivity index (χ0n) is 18.2. The van der Waals surface area contributed by atoms with Crippen LogP contribution in [0.15, 0.2) is 5.16 Å². The van der Waals surface area contributed by atoms with E-state index in [1.165, 1.54) is 11.8 Å². The SMILES string of the molecule is CCSc1nc2c3c(nc(Cl)c(F)c3n1)CCCC1CN(C(=O)OC(C)(C)C)CCN21. The van der Waals surface area contributed by atoms with Crippen molar-refractivity contribution in [1.82, 2.24) is 19.9 Å². The molecule has 4 rings (SSSR count). The van der Waals surface area contributed by atoms with Crippen LogP contribution in [0.25, 0.3) is 10.9 Å². The first-order valence-electron chi connectivity index (χ1n) is 10.6. The van der Waals surface area contributed by atoms with Crippen molar-refractivity contribution >= 4 is 46.2 Å². The molecule has 0 saturated carbocycles. The van der Waals surface area contributed by atoms with Crippen LogP contribution in [0.2, 0.25) is 5.15 Å². The predicted octanol–water partition coefficient (Wildman–Crippen LogP) is 4.69. The Kier molecular flexibility index (Phi) is 6.18. The summed E-state index contributed by atoms with van der Waals surface area (Å²) in [5.74, 6) is 0.854. The van der Waals surface area contributed by atoms with Gasteiger partial charge in [0.25, 0.3) is 0 Å². The van der Waals surface area contributed by atoms with Crippen molar-refractivity contribution < 1.29 is 13.9 Å². The molecule has 0 radical (unpaired) electrons. The maximum absolute atomic E-state index is 14.9. The fourth-order valence-corrected chi connectivity index (χ4v) is 4.89. The molecule has 0 aromatic carbocycles. The normalized spacial score (nSPS) is 19.1. The van der Waals surface area contributed by atoms with Gasteiger partial charge in [-0.1, -0.05) is 30.3 Å². The van der Waals surface area contributed by atoms with Crippen LogP contribution < -0.4 is 4.90 Å². The van der Waals surface area contributed by atoms with Gasteiger partial charge in [0, 0.05) is 25.7 Å². The number of aryl methyl sites for hydroxylation is 1. The molecule has 0 N–H and O–H groups in total. The Labute approximate surface area is 190 Å². The lowest BCUT2D eigenvalue weighted by molar-refractivity contribution is 0.0211. The highest BCUT2D eigenvalue weighted by molar-refractivity contribution is 7.99. The third-order valence-electron chi connectivity index (χ3n) is 5.41. The van der Waals surface area contributed by atoms with Gasteiger partial charge in [-0.2, -0.15) is 0 Å². The maximum Gasteiger partial charge on any atom is 0.410 e. The number of pyridine rings is 1. The predicted molar refractivity (Wildman–Crippen MR) is 121 cm³/mol. The van der Waals surface area contributed by atoms with Crippen LogP contribution in [-0.4, -0.2) is 63.0 Å².